The van der Waals surface area contributed by atoms with E-state index in [0.29, 0.717) is 0 Å². The van der Waals surface area contributed by atoms with Crippen LogP contribution in [0.4, 0.5) is 0 Å². The maximum Gasteiger partial charge on any atom is 0.339 e. The van der Waals surface area contributed by atoms with Crippen LogP contribution in [-0.2, 0) is 4.74 Å². The summed E-state index contributed by atoms with van der Waals surface area (Å²) in [5, 5.41) is 11.0. The van der Waals surface area contributed by atoms with Crippen molar-refractivity contribution >= 4 is 11.9 Å². The lowest BCUT2D eigenvalue weighted by Crippen LogP contribution is -2.25. The molecule has 0 heterocycles. The van der Waals surface area contributed by atoms with Crippen LogP contribution in [0, 0.1) is 23.7 Å². The van der Waals surface area contributed by atoms with Gasteiger partial charge in [-0.05, 0) is 30.2 Å². The van der Waals surface area contributed by atoms with Crippen LogP contribution in [0.25, 0.3) is 0 Å². The number of hydrogen-bond acceptors (Lipinski definition) is 4. The first-order valence-electron chi connectivity index (χ1n) is 10.6. The highest BCUT2D eigenvalue weighted by atomic mass is 16.5. The number of rotatable bonds is 13. The molecule has 0 bridgehead atoms. The number of esters is 1. The predicted molar refractivity (Wildman–Crippen MR) is 113 cm³/mol. The normalized spacial score (nSPS) is 9.69. The summed E-state index contributed by atoms with van der Waals surface area (Å²) in [7, 11) is 0. The molecule has 0 saturated heterocycles. The zero-order valence-corrected chi connectivity index (χ0v) is 17.4. The molecule has 4 heteroatoms. The van der Waals surface area contributed by atoms with Gasteiger partial charge in [-0.2, -0.15) is 0 Å². The van der Waals surface area contributed by atoms with Crippen LogP contribution in [0.3, 0.4) is 0 Å². The zero-order chi connectivity index (χ0) is 21.2. The molecule has 0 fully saturated rings. The van der Waals surface area contributed by atoms with E-state index in [4.69, 9.17) is 4.74 Å². The van der Waals surface area contributed by atoms with Crippen molar-refractivity contribution in [3.8, 4) is 23.7 Å². The topological polar surface area (TPSA) is 66.4 Å². The lowest BCUT2D eigenvalue weighted by molar-refractivity contribution is -0.255. The van der Waals surface area contributed by atoms with Gasteiger partial charge in [0.15, 0.2) is 6.61 Å². The van der Waals surface area contributed by atoms with Gasteiger partial charge in [-0.1, -0.05) is 88.8 Å². The van der Waals surface area contributed by atoms with Crippen LogP contribution in [-0.4, -0.2) is 18.5 Å². The summed E-state index contributed by atoms with van der Waals surface area (Å²) >= 11 is 0. The summed E-state index contributed by atoms with van der Waals surface area (Å²) < 4.78 is 4.96. The Hall–Kier alpha value is -2.72. The van der Waals surface area contributed by atoms with Crippen LogP contribution in [0.2, 0.25) is 0 Å². The first-order valence-corrected chi connectivity index (χ1v) is 10.6. The Bertz CT molecular complexity index is 743. The number of aromatic carboxylic acids is 1. The van der Waals surface area contributed by atoms with Crippen molar-refractivity contribution < 1.29 is 19.4 Å². The van der Waals surface area contributed by atoms with Crippen molar-refractivity contribution in [1.82, 2.24) is 0 Å². The second-order valence-electron chi connectivity index (χ2n) is 6.94. The van der Waals surface area contributed by atoms with E-state index in [1.807, 2.05) is 0 Å². The summed E-state index contributed by atoms with van der Waals surface area (Å²) in [6.45, 7) is 2.11. The molecule has 0 aromatic heterocycles. The molecular formula is C25H31O4-. The highest BCUT2D eigenvalue weighted by Gasteiger charge is 2.12. The Balaban J connectivity index is 2.10. The maximum atomic E-state index is 11.9. The fourth-order valence-electron chi connectivity index (χ4n) is 2.91. The second-order valence-corrected chi connectivity index (χ2v) is 6.94. The maximum absolute atomic E-state index is 11.9. The third-order valence-corrected chi connectivity index (χ3v) is 4.54. The standard InChI is InChI=1S/C25H32O4/c1-2-3-4-5-6-7-8-9-10-11-12-13-14-15-18-21-29-25(28)23-20-17-16-19-22(23)24(26)27/h16-17,19-20H,2-12,21H2,1H3,(H,26,27)/p-1. The minimum absolute atomic E-state index is 0.0404. The van der Waals surface area contributed by atoms with Crippen LogP contribution in [0.1, 0.15) is 98.3 Å². The Morgan fingerprint density at radius 3 is 2.00 bits per heavy atom. The molecule has 0 aliphatic rings. The average Bonchev–Trinajstić information content (AvgIpc) is 2.73. The zero-order valence-electron chi connectivity index (χ0n) is 17.4. The second kappa shape index (κ2) is 16.3. The van der Waals surface area contributed by atoms with Crippen LogP contribution >= 0.6 is 0 Å². The number of unbranched alkanes of at least 4 members (excludes halogenated alkanes) is 10. The van der Waals surface area contributed by atoms with Gasteiger partial charge < -0.3 is 14.6 Å². The van der Waals surface area contributed by atoms with E-state index in [2.05, 4.69) is 30.6 Å². The van der Waals surface area contributed by atoms with Crippen LogP contribution < -0.4 is 5.11 Å². The van der Waals surface area contributed by atoms with E-state index in [9.17, 15) is 14.7 Å². The van der Waals surface area contributed by atoms with Gasteiger partial charge in [-0.15, -0.1) is 0 Å². The molecule has 0 amide bonds. The molecule has 1 aromatic rings. The molecule has 0 spiro atoms. The SMILES string of the molecule is CCCCCCCCCCCCC#CC#CCOC(=O)c1ccccc1C(=O)[O-]. The molecule has 156 valence electrons. The van der Waals surface area contributed by atoms with E-state index in [1.165, 1.54) is 76.0 Å². The highest BCUT2D eigenvalue weighted by Crippen LogP contribution is 2.11. The van der Waals surface area contributed by atoms with Crippen molar-refractivity contribution in [3.63, 3.8) is 0 Å². The Labute approximate surface area is 175 Å². The molecule has 29 heavy (non-hydrogen) atoms. The molecule has 0 N–H and O–H groups in total. The summed E-state index contributed by atoms with van der Waals surface area (Å²) in [4.78, 5) is 22.9. The smallest absolute Gasteiger partial charge is 0.339 e. The minimum Gasteiger partial charge on any atom is -0.545 e. The Kier molecular flexibility index (Phi) is 13.6. The predicted octanol–water partition coefficient (Wildman–Crippen LogP) is 4.52. The van der Waals surface area contributed by atoms with Gasteiger partial charge >= 0.3 is 5.97 Å². The number of carbonyl (C=O) groups excluding carboxylic acids is 2. The molecular weight excluding hydrogens is 364 g/mol. The Morgan fingerprint density at radius 1 is 0.828 bits per heavy atom. The van der Waals surface area contributed by atoms with Crippen molar-refractivity contribution in [1.29, 1.82) is 0 Å². The molecule has 4 nitrogen and oxygen atoms in total. The Morgan fingerprint density at radius 2 is 1.38 bits per heavy atom. The molecule has 0 radical (unpaired) electrons. The van der Waals surface area contributed by atoms with E-state index in [-0.39, 0.29) is 17.7 Å². The van der Waals surface area contributed by atoms with Gasteiger partial charge in [-0.25, -0.2) is 4.79 Å². The van der Waals surface area contributed by atoms with Crippen molar-refractivity contribution in [2.75, 3.05) is 6.61 Å². The average molecular weight is 396 g/mol. The minimum atomic E-state index is -1.42. The van der Waals surface area contributed by atoms with E-state index in [1.54, 1.807) is 6.07 Å². The molecule has 0 unspecified atom stereocenters. The fraction of sp³-hybridized carbons (Fsp3) is 0.520. The van der Waals surface area contributed by atoms with Gasteiger partial charge in [0.05, 0.1) is 11.5 Å². The van der Waals surface area contributed by atoms with Gasteiger partial charge in [-0.3, -0.25) is 0 Å². The van der Waals surface area contributed by atoms with Crippen LogP contribution in [0.15, 0.2) is 24.3 Å². The third-order valence-electron chi connectivity index (χ3n) is 4.54. The first kappa shape index (κ1) is 24.3. The number of carboxylic acids is 1. The monoisotopic (exact) mass is 395 g/mol. The summed E-state index contributed by atoms with van der Waals surface area (Å²) in [6, 6.07) is 5.77. The number of ether oxygens (including phenoxy) is 1. The summed E-state index contributed by atoms with van der Waals surface area (Å²) in [5.41, 5.74) is -0.233. The lowest BCUT2D eigenvalue weighted by Gasteiger charge is -2.08. The molecule has 0 aliphatic heterocycles. The van der Waals surface area contributed by atoms with Crippen molar-refractivity contribution in [2.45, 2.75) is 77.6 Å². The number of carboxylic acid groups (broad SMARTS) is 1. The van der Waals surface area contributed by atoms with Gasteiger partial charge in [0.2, 0.25) is 0 Å². The molecule has 1 aromatic carbocycles. The summed E-state index contributed by atoms with van der Waals surface area (Å²) in [6.07, 6.45) is 13.8. The number of carbonyl (C=O) groups is 2. The number of hydrogen-bond donors (Lipinski definition) is 0. The molecule has 0 atom stereocenters. The molecule has 0 saturated carbocycles. The van der Waals surface area contributed by atoms with Gasteiger partial charge in [0.1, 0.15) is 0 Å². The summed E-state index contributed by atoms with van der Waals surface area (Å²) in [5.74, 6) is 8.90. The third kappa shape index (κ3) is 11.7. The lowest BCUT2D eigenvalue weighted by atomic mass is 10.1. The van der Waals surface area contributed by atoms with Crippen molar-refractivity contribution in [3.05, 3.63) is 35.4 Å². The van der Waals surface area contributed by atoms with Crippen LogP contribution in [0.5, 0.6) is 0 Å². The van der Waals surface area contributed by atoms with E-state index < -0.39 is 11.9 Å². The largest absolute Gasteiger partial charge is 0.545 e. The molecule has 0 aliphatic carbocycles. The molecule has 1 rings (SSSR count). The highest BCUT2D eigenvalue weighted by molar-refractivity contribution is 6.01. The van der Waals surface area contributed by atoms with E-state index >= 15 is 0 Å². The first-order chi connectivity index (χ1) is 14.2. The van der Waals surface area contributed by atoms with E-state index in [0.717, 1.165) is 12.8 Å². The van der Waals surface area contributed by atoms with Gasteiger partial charge in [0, 0.05) is 12.0 Å². The fourth-order valence-corrected chi connectivity index (χ4v) is 2.91. The van der Waals surface area contributed by atoms with Gasteiger partial charge in [0.25, 0.3) is 0 Å². The van der Waals surface area contributed by atoms with Crippen molar-refractivity contribution in [2.24, 2.45) is 0 Å². The quantitative estimate of drug-likeness (QED) is 0.280. The number of benzene rings is 1.